The van der Waals surface area contributed by atoms with Crippen molar-refractivity contribution in [2.75, 3.05) is 30.4 Å². The molecule has 2 aromatic rings. The van der Waals surface area contributed by atoms with E-state index in [1.165, 1.54) is 36.8 Å². The lowest BCUT2D eigenvalue weighted by molar-refractivity contribution is 0.304. The van der Waals surface area contributed by atoms with Gasteiger partial charge in [0.25, 0.3) is 0 Å². The molecule has 3 rings (SSSR count). The number of rotatable bonds is 5. The molecule has 1 aromatic heterocycles. The van der Waals surface area contributed by atoms with Crippen molar-refractivity contribution in [1.82, 2.24) is 4.98 Å². The van der Waals surface area contributed by atoms with Crippen LogP contribution in [0.3, 0.4) is 0 Å². The molecule has 1 fully saturated rings. The van der Waals surface area contributed by atoms with Gasteiger partial charge in [0, 0.05) is 30.4 Å². The van der Waals surface area contributed by atoms with Crippen LogP contribution < -0.4 is 10.2 Å². The smallest absolute Gasteiger partial charge is 0.136 e. The summed E-state index contributed by atoms with van der Waals surface area (Å²) in [5.74, 6) is 0.944. The average Bonchev–Trinajstić information content (AvgIpc) is 3.03. The molecule has 0 spiro atoms. The maximum absolute atomic E-state index is 9.20. The molecule has 0 saturated heterocycles. The van der Waals surface area contributed by atoms with Gasteiger partial charge in [0.2, 0.25) is 0 Å². The van der Waals surface area contributed by atoms with E-state index in [2.05, 4.69) is 36.5 Å². The number of aryl methyl sites for hydroxylation is 1. The van der Waals surface area contributed by atoms with E-state index in [4.69, 9.17) is 4.98 Å². The number of likely N-dealkylation sites (N-methyl/N-ethyl adjacent to an activating group) is 1. The molecule has 22 heavy (non-hydrogen) atoms. The molecule has 0 atom stereocenters. The number of anilines is 2. The minimum atomic E-state index is 0.133. The second-order valence-corrected chi connectivity index (χ2v) is 6.21. The van der Waals surface area contributed by atoms with Crippen molar-refractivity contribution in [3.63, 3.8) is 0 Å². The highest BCUT2D eigenvalue weighted by molar-refractivity contribution is 6.01. The molecule has 0 aliphatic heterocycles. The van der Waals surface area contributed by atoms with Gasteiger partial charge in [-0.2, -0.15) is 0 Å². The molecule has 2 N–H and O–H groups in total. The van der Waals surface area contributed by atoms with Gasteiger partial charge in [0.1, 0.15) is 5.82 Å². The van der Waals surface area contributed by atoms with Crippen LogP contribution in [0.2, 0.25) is 0 Å². The van der Waals surface area contributed by atoms with E-state index in [1.807, 2.05) is 11.9 Å². The van der Waals surface area contributed by atoms with Crippen LogP contribution in [-0.2, 0) is 0 Å². The van der Waals surface area contributed by atoms with Crippen molar-refractivity contribution in [2.24, 2.45) is 0 Å². The highest BCUT2D eigenvalue weighted by Gasteiger charge is 2.19. The van der Waals surface area contributed by atoms with Crippen LogP contribution in [0, 0.1) is 6.92 Å². The molecule has 0 bridgehead atoms. The number of pyridine rings is 1. The van der Waals surface area contributed by atoms with Crippen molar-refractivity contribution in [2.45, 2.75) is 38.6 Å². The van der Waals surface area contributed by atoms with E-state index in [0.717, 1.165) is 16.9 Å². The molecule has 1 aromatic carbocycles. The van der Waals surface area contributed by atoms with E-state index in [9.17, 15) is 5.11 Å². The zero-order valence-corrected chi connectivity index (χ0v) is 13.5. The van der Waals surface area contributed by atoms with Crippen molar-refractivity contribution >= 4 is 22.3 Å². The van der Waals surface area contributed by atoms with Crippen LogP contribution in [-0.4, -0.2) is 36.3 Å². The first-order valence-corrected chi connectivity index (χ1v) is 8.18. The first-order valence-electron chi connectivity index (χ1n) is 8.18. The largest absolute Gasteiger partial charge is 0.395 e. The topological polar surface area (TPSA) is 48.4 Å². The summed E-state index contributed by atoms with van der Waals surface area (Å²) in [6.07, 6.45) is 5.14. The van der Waals surface area contributed by atoms with E-state index in [0.29, 0.717) is 12.6 Å². The number of nitrogens with one attached hydrogen (secondary N) is 1. The summed E-state index contributed by atoms with van der Waals surface area (Å²) in [6.45, 7) is 2.79. The van der Waals surface area contributed by atoms with E-state index in [1.54, 1.807) is 0 Å². The monoisotopic (exact) mass is 299 g/mol. The Morgan fingerprint density at radius 2 is 1.91 bits per heavy atom. The van der Waals surface area contributed by atoms with Gasteiger partial charge in [0.05, 0.1) is 18.0 Å². The van der Waals surface area contributed by atoms with Crippen molar-refractivity contribution < 1.29 is 5.11 Å². The summed E-state index contributed by atoms with van der Waals surface area (Å²) in [5, 5.41) is 15.3. The maximum atomic E-state index is 9.20. The minimum absolute atomic E-state index is 0.133. The second kappa shape index (κ2) is 6.53. The Hall–Kier alpha value is -1.81. The van der Waals surface area contributed by atoms with Crippen LogP contribution in [0.15, 0.2) is 24.3 Å². The van der Waals surface area contributed by atoms with Gasteiger partial charge in [-0.15, -0.1) is 0 Å². The van der Waals surface area contributed by atoms with Gasteiger partial charge in [-0.05, 0) is 19.8 Å². The third kappa shape index (κ3) is 2.88. The van der Waals surface area contributed by atoms with E-state index < -0.39 is 0 Å². The number of aromatic nitrogens is 1. The van der Waals surface area contributed by atoms with Crippen molar-refractivity contribution in [1.29, 1.82) is 0 Å². The van der Waals surface area contributed by atoms with Gasteiger partial charge in [-0.3, -0.25) is 0 Å². The Kier molecular flexibility index (Phi) is 4.48. The highest BCUT2D eigenvalue weighted by atomic mass is 16.3. The molecule has 4 heteroatoms. The zero-order chi connectivity index (χ0) is 15.5. The number of aliphatic hydroxyl groups is 1. The Bertz CT molecular complexity index is 650. The van der Waals surface area contributed by atoms with Crippen LogP contribution >= 0.6 is 0 Å². The fourth-order valence-electron chi connectivity index (χ4n) is 3.37. The lowest BCUT2D eigenvalue weighted by atomic mass is 10.1. The lowest BCUT2D eigenvalue weighted by Crippen LogP contribution is -2.23. The Morgan fingerprint density at radius 1 is 1.23 bits per heavy atom. The normalized spacial score (nSPS) is 15.4. The summed E-state index contributed by atoms with van der Waals surface area (Å²) < 4.78 is 0. The number of benzene rings is 1. The third-order valence-corrected chi connectivity index (χ3v) is 4.57. The minimum Gasteiger partial charge on any atom is -0.395 e. The van der Waals surface area contributed by atoms with Crippen LogP contribution in [0.5, 0.6) is 0 Å². The molecule has 1 aliphatic rings. The third-order valence-electron chi connectivity index (χ3n) is 4.57. The molecule has 0 unspecified atom stereocenters. The predicted molar refractivity (Wildman–Crippen MR) is 92.7 cm³/mol. The fraction of sp³-hybridized carbons (Fsp3) is 0.500. The van der Waals surface area contributed by atoms with Gasteiger partial charge in [0.15, 0.2) is 0 Å². The Labute approximate surface area is 132 Å². The van der Waals surface area contributed by atoms with Crippen LogP contribution in [0.4, 0.5) is 11.5 Å². The molecule has 0 amide bonds. The molecule has 1 aliphatic carbocycles. The molecular formula is C18H25N3O. The molecule has 0 radical (unpaired) electrons. The molecule has 1 heterocycles. The standard InChI is InChI=1S/C18H25N3O/c1-13-17(20-14-7-3-4-8-14)15-9-5-6-10-16(15)18(19-13)21(2)11-12-22/h5-6,9-10,14,20,22H,3-4,7-8,11-12H2,1-2H3. The number of fused-ring (bicyclic) bond motifs is 1. The van der Waals surface area contributed by atoms with Gasteiger partial charge >= 0.3 is 0 Å². The Balaban J connectivity index is 2.05. The number of nitrogens with zero attached hydrogens (tertiary/aromatic N) is 2. The summed E-state index contributed by atoms with van der Waals surface area (Å²) in [7, 11) is 1.98. The molecular weight excluding hydrogens is 274 g/mol. The van der Waals surface area contributed by atoms with Crippen LogP contribution in [0.1, 0.15) is 31.4 Å². The zero-order valence-electron chi connectivity index (χ0n) is 13.5. The summed E-state index contributed by atoms with van der Waals surface area (Å²) in [6, 6.07) is 8.99. The van der Waals surface area contributed by atoms with Gasteiger partial charge in [-0.1, -0.05) is 37.1 Å². The summed E-state index contributed by atoms with van der Waals surface area (Å²) in [5.41, 5.74) is 2.20. The number of hydrogen-bond donors (Lipinski definition) is 2. The van der Waals surface area contributed by atoms with Crippen molar-refractivity contribution in [3.8, 4) is 0 Å². The second-order valence-electron chi connectivity index (χ2n) is 6.21. The van der Waals surface area contributed by atoms with Gasteiger partial charge in [-0.25, -0.2) is 4.98 Å². The van der Waals surface area contributed by atoms with E-state index in [-0.39, 0.29) is 6.61 Å². The number of hydrogen-bond acceptors (Lipinski definition) is 4. The highest BCUT2D eigenvalue weighted by Crippen LogP contribution is 2.34. The summed E-state index contributed by atoms with van der Waals surface area (Å²) >= 11 is 0. The SMILES string of the molecule is Cc1nc(N(C)CCO)c2ccccc2c1NC1CCCC1. The lowest BCUT2D eigenvalue weighted by Gasteiger charge is -2.23. The quantitative estimate of drug-likeness (QED) is 0.889. The molecule has 4 nitrogen and oxygen atoms in total. The fourth-order valence-corrected chi connectivity index (χ4v) is 3.37. The van der Waals surface area contributed by atoms with E-state index >= 15 is 0 Å². The average molecular weight is 299 g/mol. The first-order chi connectivity index (χ1) is 10.7. The molecule has 1 saturated carbocycles. The summed E-state index contributed by atoms with van der Waals surface area (Å²) in [4.78, 5) is 6.84. The van der Waals surface area contributed by atoms with Crippen molar-refractivity contribution in [3.05, 3.63) is 30.0 Å². The molecule has 118 valence electrons. The predicted octanol–water partition coefficient (Wildman–Crippen LogP) is 3.33. The Morgan fingerprint density at radius 3 is 2.59 bits per heavy atom. The van der Waals surface area contributed by atoms with Gasteiger partial charge < -0.3 is 15.3 Å². The van der Waals surface area contributed by atoms with Crippen LogP contribution in [0.25, 0.3) is 10.8 Å². The maximum Gasteiger partial charge on any atom is 0.136 e. The first kappa shape index (κ1) is 15.1. The number of aliphatic hydroxyl groups excluding tert-OH is 1.